The Balaban J connectivity index is 2.28. The summed E-state index contributed by atoms with van der Waals surface area (Å²) in [4.78, 5) is 16.5. The van der Waals surface area contributed by atoms with E-state index in [0.717, 1.165) is 22.5 Å². The molecule has 0 spiro atoms. The second-order valence-corrected chi connectivity index (χ2v) is 6.35. The Morgan fingerprint density at radius 1 is 1.42 bits per heavy atom. The Morgan fingerprint density at radius 2 is 2.15 bits per heavy atom. The number of ether oxygens (including phenoxy) is 1. The summed E-state index contributed by atoms with van der Waals surface area (Å²) in [6.45, 7) is 8.54. The van der Waals surface area contributed by atoms with Gasteiger partial charge in [0.1, 0.15) is 17.5 Å². The van der Waals surface area contributed by atoms with Gasteiger partial charge in [0, 0.05) is 24.7 Å². The molecule has 6 heteroatoms. The molecule has 0 aromatic carbocycles. The van der Waals surface area contributed by atoms with Gasteiger partial charge in [-0.2, -0.15) is 5.26 Å². The fraction of sp³-hybridized carbons (Fsp3) is 0.350. The van der Waals surface area contributed by atoms with E-state index in [2.05, 4.69) is 21.8 Å². The average molecular weight is 352 g/mol. The Hall–Kier alpha value is -2.91. The van der Waals surface area contributed by atoms with Gasteiger partial charge in [-0.25, -0.2) is 4.98 Å². The molecule has 1 atom stereocenters. The number of nitrogens with zero attached hydrogens (tertiary/aromatic N) is 3. The first kappa shape index (κ1) is 19.4. The largest absolute Gasteiger partial charge is 0.383 e. The van der Waals surface area contributed by atoms with Crippen LogP contribution in [0, 0.1) is 32.1 Å². The highest BCUT2D eigenvalue weighted by Gasteiger charge is 2.16. The molecule has 26 heavy (non-hydrogen) atoms. The lowest BCUT2D eigenvalue weighted by Gasteiger charge is -2.17. The molecule has 0 saturated heterocycles. The molecule has 136 valence electrons. The summed E-state index contributed by atoms with van der Waals surface area (Å²) in [6.07, 6.45) is 3.28. The smallest absolute Gasteiger partial charge is 0.267 e. The third-order valence-corrected chi connectivity index (χ3v) is 4.19. The lowest BCUT2D eigenvalue weighted by molar-refractivity contribution is -0.112. The summed E-state index contributed by atoms with van der Waals surface area (Å²) >= 11 is 0. The fourth-order valence-electron chi connectivity index (χ4n) is 2.97. The van der Waals surface area contributed by atoms with Crippen LogP contribution in [-0.2, 0) is 9.53 Å². The molecule has 0 aliphatic heterocycles. The highest BCUT2D eigenvalue weighted by atomic mass is 16.5. The van der Waals surface area contributed by atoms with Gasteiger partial charge in [0.2, 0.25) is 0 Å². The quantitative estimate of drug-likeness (QED) is 0.637. The zero-order valence-electron chi connectivity index (χ0n) is 15.8. The van der Waals surface area contributed by atoms with Gasteiger partial charge in [-0.15, -0.1) is 0 Å². The van der Waals surface area contributed by atoms with Crippen LogP contribution in [0.3, 0.4) is 0 Å². The van der Waals surface area contributed by atoms with Crippen molar-refractivity contribution in [1.82, 2.24) is 9.55 Å². The van der Waals surface area contributed by atoms with Crippen molar-refractivity contribution in [2.24, 2.45) is 0 Å². The van der Waals surface area contributed by atoms with Crippen LogP contribution < -0.4 is 5.32 Å². The van der Waals surface area contributed by atoms with E-state index < -0.39 is 5.91 Å². The van der Waals surface area contributed by atoms with Gasteiger partial charge in [0.05, 0.1) is 12.6 Å². The van der Waals surface area contributed by atoms with E-state index in [4.69, 9.17) is 4.74 Å². The van der Waals surface area contributed by atoms with Crippen molar-refractivity contribution in [2.75, 3.05) is 19.0 Å². The summed E-state index contributed by atoms with van der Waals surface area (Å²) in [5.41, 5.74) is 3.91. The third-order valence-electron chi connectivity index (χ3n) is 4.19. The van der Waals surface area contributed by atoms with Crippen molar-refractivity contribution in [3.63, 3.8) is 0 Å². The number of aromatic nitrogens is 2. The normalized spacial score (nSPS) is 12.5. The van der Waals surface area contributed by atoms with Crippen molar-refractivity contribution >= 4 is 17.8 Å². The third kappa shape index (κ3) is 4.38. The summed E-state index contributed by atoms with van der Waals surface area (Å²) in [5, 5.41) is 12.1. The Bertz CT molecular complexity index is 857. The molecule has 2 rings (SSSR count). The number of pyridine rings is 1. The Labute approximate surface area is 154 Å². The van der Waals surface area contributed by atoms with Crippen LogP contribution in [0.25, 0.3) is 6.08 Å². The van der Waals surface area contributed by atoms with Crippen molar-refractivity contribution in [2.45, 2.75) is 33.7 Å². The molecule has 0 aliphatic rings. The maximum Gasteiger partial charge on any atom is 0.267 e. The molecule has 6 nitrogen and oxygen atoms in total. The van der Waals surface area contributed by atoms with Gasteiger partial charge in [0.15, 0.2) is 0 Å². The highest BCUT2D eigenvalue weighted by Crippen LogP contribution is 2.23. The maximum atomic E-state index is 12.4. The van der Waals surface area contributed by atoms with Crippen LogP contribution in [0.15, 0.2) is 30.0 Å². The molecule has 1 amide bonds. The number of anilines is 1. The predicted molar refractivity (Wildman–Crippen MR) is 102 cm³/mol. The number of nitrogens with one attached hydrogen (secondary N) is 1. The number of amides is 1. The molecule has 1 unspecified atom stereocenters. The number of methoxy groups -OCH3 is 1. The van der Waals surface area contributed by atoms with Gasteiger partial charge in [-0.3, -0.25) is 4.79 Å². The fourth-order valence-corrected chi connectivity index (χ4v) is 2.97. The number of hydrogen-bond donors (Lipinski definition) is 1. The topological polar surface area (TPSA) is 79.9 Å². The van der Waals surface area contributed by atoms with E-state index >= 15 is 0 Å². The summed E-state index contributed by atoms with van der Waals surface area (Å²) in [6, 6.07) is 7.67. The molecular weight excluding hydrogens is 328 g/mol. The van der Waals surface area contributed by atoms with Crippen molar-refractivity contribution in [3.05, 3.63) is 52.5 Å². The van der Waals surface area contributed by atoms with Gasteiger partial charge < -0.3 is 14.6 Å². The first-order chi connectivity index (χ1) is 12.4. The zero-order valence-corrected chi connectivity index (χ0v) is 15.8. The van der Waals surface area contributed by atoms with E-state index in [0.29, 0.717) is 12.4 Å². The monoisotopic (exact) mass is 352 g/mol. The number of rotatable bonds is 6. The van der Waals surface area contributed by atoms with E-state index in [9.17, 15) is 10.1 Å². The van der Waals surface area contributed by atoms with Crippen LogP contribution >= 0.6 is 0 Å². The number of nitriles is 1. The standard InChI is InChI=1S/C20H24N4O2/c1-13-6-7-19(22-11-13)23-20(25)18(10-21)9-17-8-14(2)24(16(17)4)15(3)12-26-5/h6-9,11,15H,12H2,1-5H3,(H,22,23,25)/b18-9-. The minimum atomic E-state index is -0.474. The van der Waals surface area contributed by atoms with Crippen molar-refractivity contribution in [3.8, 4) is 6.07 Å². The number of hydrogen-bond acceptors (Lipinski definition) is 4. The van der Waals surface area contributed by atoms with Gasteiger partial charge >= 0.3 is 0 Å². The molecular formula is C20H24N4O2. The summed E-state index contributed by atoms with van der Waals surface area (Å²) in [5.74, 6) is -0.0560. The second-order valence-electron chi connectivity index (χ2n) is 6.35. The lowest BCUT2D eigenvalue weighted by Crippen LogP contribution is -2.15. The zero-order chi connectivity index (χ0) is 19.3. The lowest BCUT2D eigenvalue weighted by atomic mass is 10.1. The number of aryl methyl sites for hydroxylation is 2. The summed E-state index contributed by atoms with van der Waals surface area (Å²) < 4.78 is 7.38. The molecule has 1 N–H and O–H groups in total. The SMILES string of the molecule is COCC(C)n1c(C)cc(/C=C(/C#N)C(=O)Nc2ccc(C)cn2)c1C. The average Bonchev–Trinajstić information content (AvgIpc) is 2.88. The maximum absolute atomic E-state index is 12.4. The van der Waals surface area contributed by atoms with Crippen LogP contribution in [0.2, 0.25) is 0 Å². The van der Waals surface area contributed by atoms with Crippen molar-refractivity contribution in [1.29, 1.82) is 5.26 Å². The summed E-state index contributed by atoms with van der Waals surface area (Å²) in [7, 11) is 1.67. The van der Waals surface area contributed by atoms with E-state index in [1.54, 1.807) is 25.4 Å². The molecule has 0 fully saturated rings. The Kier molecular flexibility index (Phi) is 6.31. The molecule has 0 saturated carbocycles. The van der Waals surface area contributed by atoms with E-state index in [1.165, 1.54) is 0 Å². The first-order valence-corrected chi connectivity index (χ1v) is 8.40. The Morgan fingerprint density at radius 3 is 2.73 bits per heavy atom. The number of carbonyl (C=O) groups excluding carboxylic acids is 1. The van der Waals surface area contributed by atoms with Gasteiger partial charge in [-0.05, 0) is 57.0 Å². The molecule has 2 aromatic heterocycles. The first-order valence-electron chi connectivity index (χ1n) is 8.40. The molecule has 0 bridgehead atoms. The van der Waals surface area contributed by atoms with Crippen LogP contribution in [0.4, 0.5) is 5.82 Å². The molecule has 0 radical (unpaired) electrons. The minimum Gasteiger partial charge on any atom is -0.383 e. The predicted octanol–water partition coefficient (Wildman–Crippen LogP) is 3.56. The van der Waals surface area contributed by atoms with Crippen LogP contribution in [-0.4, -0.2) is 29.2 Å². The molecule has 2 heterocycles. The van der Waals surface area contributed by atoms with Crippen LogP contribution in [0.5, 0.6) is 0 Å². The van der Waals surface area contributed by atoms with E-state index in [1.807, 2.05) is 39.0 Å². The van der Waals surface area contributed by atoms with Gasteiger partial charge in [0.25, 0.3) is 5.91 Å². The van der Waals surface area contributed by atoms with Crippen molar-refractivity contribution < 1.29 is 9.53 Å². The number of carbonyl (C=O) groups is 1. The van der Waals surface area contributed by atoms with Gasteiger partial charge in [-0.1, -0.05) is 6.07 Å². The molecule has 0 aliphatic carbocycles. The minimum absolute atomic E-state index is 0.0343. The highest BCUT2D eigenvalue weighted by molar-refractivity contribution is 6.09. The van der Waals surface area contributed by atoms with E-state index in [-0.39, 0.29) is 11.6 Å². The molecule has 2 aromatic rings. The second kappa shape index (κ2) is 8.45. The van der Waals surface area contributed by atoms with Crippen LogP contribution in [0.1, 0.15) is 35.5 Å².